The second kappa shape index (κ2) is 3.60. The monoisotopic (exact) mass is 303 g/mol. The highest BCUT2D eigenvalue weighted by molar-refractivity contribution is 14.1. The Labute approximate surface area is 86.0 Å². The van der Waals surface area contributed by atoms with Crippen LogP contribution in [0, 0.1) is 3.57 Å². The Morgan fingerprint density at radius 2 is 1.92 bits per heavy atom. The molecular formula is C7H5F3INO. The minimum Gasteiger partial charge on any atom is -0.405 e. The van der Waals surface area contributed by atoms with Gasteiger partial charge in [-0.2, -0.15) is 0 Å². The molecule has 1 aromatic carbocycles. The molecule has 0 atom stereocenters. The molecule has 0 fully saturated rings. The molecule has 0 aliphatic rings. The highest BCUT2D eigenvalue weighted by Gasteiger charge is 2.31. The highest BCUT2D eigenvalue weighted by Crippen LogP contribution is 2.29. The zero-order chi connectivity index (χ0) is 10.1. The van der Waals surface area contributed by atoms with Gasteiger partial charge in [-0.25, -0.2) is 0 Å². The van der Waals surface area contributed by atoms with Crippen molar-refractivity contribution in [2.45, 2.75) is 6.36 Å². The fourth-order valence-corrected chi connectivity index (χ4v) is 1.17. The number of hydrogen-bond donors (Lipinski definition) is 1. The Morgan fingerprint density at radius 1 is 1.31 bits per heavy atom. The normalized spacial score (nSPS) is 11.4. The summed E-state index contributed by atoms with van der Waals surface area (Å²) >= 11 is 1.74. The molecule has 6 heteroatoms. The molecule has 0 radical (unpaired) electrons. The fourth-order valence-electron chi connectivity index (χ4n) is 0.723. The van der Waals surface area contributed by atoms with Crippen LogP contribution in [0.1, 0.15) is 0 Å². The number of nitrogen functional groups attached to an aromatic ring is 1. The lowest BCUT2D eigenvalue weighted by atomic mass is 10.3. The van der Waals surface area contributed by atoms with Crippen LogP contribution >= 0.6 is 22.6 Å². The Kier molecular flexibility index (Phi) is 2.89. The number of halogens is 4. The predicted octanol–water partition coefficient (Wildman–Crippen LogP) is 2.77. The van der Waals surface area contributed by atoms with E-state index < -0.39 is 6.36 Å². The van der Waals surface area contributed by atoms with E-state index in [9.17, 15) is 13.2 Å². The van der Waals surface area contributed by atoms with Crippen molar-refractivity contribution in [3.8, 4) is 5.75 Å². The zero-order valence-corrected chi connectivity index (χ0v) is 8.39. The molecule has 1 rings (SSSR count). The SMILES string of the molecule is Nc1ccc(I)c(OC(F)(F)F)c1. The van der Waals surface area contributed by atoms with Gasteiger partial charge in [0, 0.05) is 11.8 Å². The van der Waals surface area contributed by atoms with E-state index in [1.165, 1.54) is 12.1 Å². The lowest BCUT2D eigenvalue weighted by molar-refractivity contribution is -0.274. The van der Waals surface area contributed by atoms with Crippen LogP contribution < -0.4 is 10.5 Å². The van der Waals surface area contributed by atoms with Crippen molar-refractivity contribution in [1.82, 2.24) is 0 Å². The largest absolute Gasteiger partial charge is 0.573 e. The molecule has 0 bridgehead atoms. The van der Waals surface area contributed by atoms with Crippen molar-refractivity contribution in [3.05, 3.63) is 21.8 Å². The minimum atomic E-state index is -4.67. The van der Waals surface area contributed by atoms with E-state index in [1.807, 2.05) is 0 Å². The summed E-state index contributed by atoms with van der Waals surface area (Å²) in [7, 11) is 0. The van der Waals surface area contributed by atoms with E-state index in [0.717, 1.165) is 6.07 Å². The van der Waals surface area contributed by atoms with E-state index in [2.05, 4.69) is 4.74 Å². The Morgan fingerprint density at radius 3 is 2.46 bits per heavy atom. The summed E-state index contributed by atoms with van der Waals surface area (Å²) in [5.74, 6) is -0.270. The summed E-state index contributed by atoms with van der Waals surface area (Å²) in [5.41, 5.74) is 5.53. The topological polar surface area (TPSA) is 35.2 Å². The van der Waals surface area contributed by atoms with Gasteiger partial charge >= 0.3 is 6.36 Å². The summed E-state index contributed by atoms with van der Waals surface area (Å²) in [4.78, 5) is 0. The van der Waals surface area contributed by atoms with Gasteiger partial charge in [0.05, 0.1) is 3.57 Å². The molecule has 0 saturated carbocycles. The number of rotatable bonds is 1. The second-order valence-electron chi connectivity index (χ2n) is 2.24. The fraction of sp³-hybridized carbons (Fsp3) is 0.143. The van der Waals surface area contributed by atoms with Crippen LogP contribution in [0.5, 0.6) is 5.75 Å². The smallest absolute Gasteiger partial charge is 0.405 e. The van der Waals surface area contributed by atoms with Crippen molar-refractivity contribution in [1.29, 1.82) is 0 Å². The van der Waals surface area contributed by atoms with Gasteiger partial charge in [-0.15, -0.1) is 13.2 Å². The van der Waals surface area contributed by atoms with Crippen LogP contribution in [0.3, 0.4) is 0 Å². The molecular weight excluding hydrogens is 298 g/mol. The number of hydrogen-bond acceptors (Lipinski definition) is 2. The summed E-state index contributed by atoms with van der Waals surface area (Å²) in [6.07, 6.45) is -4.67. The summed E-state index contributed by atoms with van der Waals surface area (Å²) in [6.45, 7) is 0. The van der Waals surface area contributed by atoms with E-state index in [1.54, 1.807) is 22.6 Å². The predicted molar refractivity (Wildman–Crippen MR) is 50.3 cm³/mol. The first-order valence-corrected chi connectivity index (χ1v) is 4.27. The van der Waals surface area contributed by atoms with E-state index in [0.29, 0.717) is 3.57 Å². The van der Waals surface area contributed by atoms with Crippen LogP contribution in [0.4, 0.5) is 18.9 Å². The van der Waals surface area contributed by atoms with Crippen LogP contribution in [-0.4, -0.2) is 6.36 Å². The van der Waals surface area contributed by atoms with Gasteiger partial charge in [0.1, 0.15) is 5.75 Å². The number of ether oxygens (including phenoxy) is 1. The number of benzene rings is 1. The van der Waals surface area contributed by atoms with Gasteiger partial charge < -0.3 is 10.5 Å². The molecule has 2 N–H and O–H groups in total. The van der Waals surface area contributed by atoms with Crippen molar-refractivity contribution >= 4 is 28.3 Å². The Balaban J connectivity index is 2.94. The molecule has 0 heterocycles. The van der Waals surface area contributed by atoms with Crippen molar-refractivity contribution in [2.75, 3.05) is 5.73 Å². The quantitative estimate of drug-likeness (QED) is 0.639. The van der Waals surface area contributed by atoms with Crippen molar-refractivity contribution < 1.29 is 17.9 Å². The van der Waals surface area contributed by atoms with Crippen LogP contribution in [-0.2, 0) is 0 Å². The molecule has 13 heavy (non-hydrogen) atoms. The van der Waals surface area contributed by atoms with E-state index >= 15 is 0 Å². The first kappa shape index (κ1) is 10.4. The first-order chi connectivity index (χ1) is 5.88. The molecule has 0 aliphatic heterocycles. The number of anilines is 1. The van der Waals surface area contributed by atoms with Gasteiger partial charge in [0.2, 0.25) is 0 Å². The van der Waals surface area contributed by atoms with Crippen LogP contribution in [0.25, 0.3) is 0 Å². The van der Waals surface area contributed by atoms with Gasteiger partial charge in [-0.3, -0.25) is 0 Å². The molecule has 72 valence electrons. The minimum absolute atomic E-state index is 0.236. The van der Waals surface area contributed by atoms with Crippen molar-refractivity contribution in [3.63, 3.8) is 0 Å². The van der Waals surface area contributed by atoms with Crippen LogP contribution in [0.15, 0.2) is 18.2 Å². The molecule has 0 aromatic heterocycles. The molecule has 0 saturated heterocycles. The lowest BCUT2D eigenvalue weighted by Crippen LogP contribution is -2.17. The summed E-state index contributed by atoms with van der Waals surface area (Å²) < 4.78 is 39.5. The average Bonchev–Trinajstić information content (AvgIpc) is 1.94. The van der Waals surface area contributed by atoms with Crippen molar-refractivity contribution in [2.24, 2.45) is 0 Å². The standard InChI is InChI=1S/C7H5F3INO/c8-7(9,10)13-6-3-4(12)1-2-5(6)11/h1-3H,12H2. The second-order valence-corrected chi connectivity index (χ2v) is 3.40. The third-order valence-corrected chi connectivity index (χ3v) is 2.07. The van der Waals surface area contributed by atoms with Gasteiger partial charge in [0.25, 0.3) is 0 Å². The average molecular weight is 303 g/mol. The number of nitrogens with two attached hydrogens (primary N) is 1. The number of alkyl halides is 3. The maximum absolute atomic E-state index is 11.8. The maximum atomic E-state index is 11.8. The molecule has 2 nitrogen and oxygen atoms in total. The lowest BCUT2D eigenvalue weighted by Gasteiger charge is -2.10. The van der Waals surface area contributed by atoms with Gasteiger partial charge in [-0.1, -0.05) is 0 Å². The summed E-state index contributed by atoms with van der Waals surface area (Å²) in [6, 6.07) is 4.09. The van der Waals surface area contributed by atoms with E-state index in [4.69, 9.17) is 5.73 Å². The molecule has 1 aromatic rings. The van der Waals surface area contributed by atoms with Gasteiger partial charge in [-0.05, 0) is 34.7 Å². The molecule has 0 spiro atoms. The van der Waals surface area contributed by atoms with Gasteiger partial charge in [0.15, 0.2) is 0 Å². The zero-order valence-electron chi connectivity index (χ0n) is 6.23. The first-order valence-electron chi connectivity index (χ1n) is 3.19. The Hall–Kier alpha value is -0.660. The molecule has 0 aliphatic carbocycles. The molecule has 0 amide bonds. The Bertz CT molecular complexity index is 313. The van der Waals surface area contributed by atoms with Crippen LogP contribution in [0.2, 0.25) is 0 Å². The summed E-state index contributed by atoms with van der Waals surface area (Å²) in [5, 5.41) is 0. The molecule has 0 unspecified atom stereocenters. The van der Waals surface area contributed by atoms with E-state index in [-0.39, 0.29) is 11.4 Å². The highest BCUT2D eigenvalue weighted by atomic mass is 127. The maximum Gasteiger partial charge on any atom is 0.573 e. The third-order valence-electron chi connectivity index (χ3n) is 1.18. The third kappa shape index (κ3) is 3.29.